The minimum atomic E-state index is -0.752. The van der Waals surface area contributed by atoms with Gasteiger partial charge in [0.05, 0.1) is 32.7 Å². The van der Waals surface area contributed by atoms with Crippen molar-refractivity contribution in [1.29, 1.82) is 0 Å². The van der Waals surface area contributed by atoms with Crippen LogP contribution in [0.25, 0.3) is 10.9 Å². The summed E-state index contributed by atoms with van der Waals surface area (Å²) in [6.45, 7) is 3.90. The van der Waals surface area contributed by atoms with Crippen LogP contribution in [-0.2, 0) is 30.3 Å². The number of carbonyl (C=O) groups is 3. The van der Waals surface area contributed by atoms with Crippen molar-refractivity contribution >= 4 is 28.7 Å². The Kier molecular flexibility index (Phi) is 7.46. The highest BCUT2D eigenvalue weighted by atomic mass is 16.5. The lowest BCUT2D eigenvalue weighted by molar-refractivity contribution is -0.897. The molecule has 1 atom stereocenters. The molecule has 3 rings (SSSR count). The maximum Gasteiger partial charge on any atom is 0.328 e. The summed E-state index contributed by atoms with van der Waals surface area (Å²) in [7, 11) is 1.32. The Labute approximate surface area is 175 Å². The van der Waals surface area contributed by atoms with E-state index in [4.69, 9.17) is 9.47 Å². The standard InChI is InChI=1S/C22H29N3O5/c1-3-30-21(27)15-8-10-25(11-9-15)14-20(26)24-19(22(28)29-2)12-16-13-23-18-7-5-4-6-17(16)18/h4-7,13,15,19,23H,3,8-12,14H2,1-2H3,(H,24,26)/p+1/t19-/m0/s1. The number of rotatable bonds is 8. The second-order valence-corrected chi connectivity index (χ2v) is 7.66. The number of quaternary nitrogens is 1. The molecule has 8 heteroatoms. The van der Waals surface area contributed by atoms with Crippen LogP contribution in [-0.4, -0.2) is 62.2 Å². The van der Waals surface area contributed by atoms with E-state index in [1.807, 2.05) is 30.5 Å². The number of piperidine rings is 1. The minimum Gasteiger partial charge on any atom is -0.467 e. The van der Waals surface area contributed by atoms with E-state index < -0.39 is 12.0 Å². The normalized spacial score (nSPS) is 19.8. The van der Waals surface area contributed by atoms with Gasteiger partial charge in [-0.1, -0.05) is 18.2 Å². The third-order valence-corrected chi connectivity index (χ3v) is 5.64. The summed E-state index contributed by atoms with van der Waals surface area (Å²) in [5, 5.41) is 3.85. The number of fused-ring (bicyclic) bond motifs is 1. The van der Waals surface area contributed by atoms with Crippen LogP contribution in [0.1, 0.15) is 25.3 Å². The molecule has 0 aliphatic carbocycles. The number of H-pyrrole nitrogens is 1. The number of esters is 2. The average molecular weight is 416 g/mol. The molecular formula is C22H30N3O5+. The van der Waals surface area contributed by atoms with Crippen molar-refractivity contribution in [3.63, 3.8) is 0 Å². The molecule has 1 aromatic heterocycles. The summed E-state index contributed by atoms with van der Waals surface area (Å²) >= 11 is 0. The minimum absolute atomic E-state index is 0.0820. The van der Waals surface area contributed by atoms with Gasteiger partial charge >= 0.3 is 11.9 Å². The van der Waals surface area contributed by atoms with E-state index in [9.17, 15) is 14.4 Å². The number of amides is 1. The molecule has 1 aliphatic rings. The Morgan fingerprint density at radius 1 is 1.23 bits per heavy atom. The molecule has 0 spiro atoms. The summed E-state index contributed by atoms with van der Waals surface area (Å²) in [6, 6.07) is 7.08. The van der Waals surface area contributed by atoms with E-state index >= 15 is 0 Å². The Morgan fingerprint density at radius 2 is 1.97 bits per heavy atom. The first-order valence-electron chi connectivity index (χ1n) is 10.4. The van der Waals surface area contributed by atoms with E-state index in [2.05, 4.69) is 10.3 Å². The van der Waals surface area contributed by atoms with E-state index in [-0.39, 0.29) is 24.3 Å². The van der Waals surface area contributed by atoms with Gasteiger partial charge in [-0.2, -0.15) is 0 Å². The molecular weight excluding hydrogens is 386 g/mol. The molecule has 1 amide bonds. The van der Waals surface area contributed by atoms with Crippen molar-refractivity contribution in [2.24, 2.45) is 5.92 Å². The van der Waals surface area contributed by atoms with Gasteiger partial charge in [0, 0.05) is 36.4 Å². The number of aromatic nitrogens is 1. The van der Waals surface area contributed by atoms with Crippen molar-refractivity contribution in [1.82, 2.24) is 10.3 Å². The number of carbonyl (C=O) groups excluding carboxylic acids is 3. The van der Waals surface area contributed by atoms with Crippen molar-refractivity contribution in [3.8, 4) is 0 Å². The Bertz CT molecular complexity index is 886. The lowest BCUT2D eigenvalue weighted by Gasteiger charge is -2.28. The van der Waals surface area contributed by atoms with Crippen LogP contribution in [0.5, 0.6) is 0 Å². The highest BCUT2D eigenvalue weighted by molar-refractivity contribution is 5.87. The van der Waals surface area contributed by atoms with Gasteiger partial charge < -0.3 is 24.7 Å². The maximum atomic E-state index is 12.6. The number of aromatic amines is 1. The number of hydrogen-bond donors (Lipinski definition) is 3. The molecule has 1 aromatic carbocycles. The summed E-state index contributed by atoms with van der Waals surface area (Å²) in [5.74, 6) is -0.897. The molecule has 1 fully saturated rings. The van der Waals surface area contributed by atoms with Gasteiger partial charge in [0.25, 0.3) is 5.91 Å². The fraction of sp³-hybridized carbons (Fsp3) is 0.500. The summed E-state index contributed by atoms with van der Waals surface area (Å²) in [6.07, 6.45) is 3.62. The lowest BCUT2D eigenvalue weighted by atomic mass is 9.97. The SMILES string of the molecule is CCOC(=O)C1CC[NH+](CC(=O)N[C@@H](Cc2c[nH]c3ccccc23)C(=O)OC)CC1. The number of hydrogen-bond acceptors (Lipinski definition) is 5. The van der Waals surface area contributed by atoms with Crippen LogP contribution < -0.4 is 10.2 Å². The third kappa shape index (κ3) is 5.38. The number of methoxy groups -OCH3 is 1. The first-order valence-corrected chi connectivity index (χ1v) is 10.4. The van der Waals surface area contributed by atoms with Crippen molar-refractivity contribution in [2.75, 3.05) is 33.4 Å². The zero-order chi connectivity index (χ0) is 21.5. The fourth-order valence-electron chi connectivity index (χ4n) is 4.03. The zero-order valence-electron chi connectivity index (χ0n) is 17.5. The van der Waals surface area contributed by atoms with E-state index in [1.165, 1.54) is 7.11 Å². The molecule has 1 aliphatic heterocycles. The molecule has 1 saturated heterocycles. The van der Waals surface area contributed by atoms with E-state index in [0.717, 1.165) is 34.5 Å². The number of benzene rings is 1. The van der Waals surface area contributed by atoms with Crippen LogP contribution in [0.2, 0.25) is 0 Å². The van der Waals surface area contributed by atoms with Gasteiger partial charge in [0.15, 0.2) is 6.54 Å². The molecule has 0 unspecified atom stereocenters. The Balaban J connectivity index is 1.56. The average Bonchev–Trinajstić information content (AvgIpc) is 3.16. The molecule has 0 radical (unpaired) electrons. The second kappa shape index (κ2) is 10.2. The number of nitrogens with one attached hydrogen (secondary N) is 3. The predicted octanol–water partition coefficient (Wildman–Crippen LogP) is 0.226. The highest BCUT2D eigenvalue weighted by Crippen LogP contribution is 2.19. The monoisotopic (exact) mass is 416 g/mol. The molecule has 3 N–H and O–H groups in total. The molecule has 2 aromatic rings. The van der Waals surface area contributed by atoms with Crippen molar-refractivity contribution in [3.05, 3.63) is 36.0 Å². The quantitative estimate of drug-likeness (QED) is 0.535. The Morgan fingerprint density at radius 3 is 2.67 bits per heavy atom. The second-order valence-electron chi connectivity index (χ2n) is 7.66. The molecule has 2 heterocycles. The largest absolute Gasteiger partial charge is 0.467 e. The highest BCUT2D eigenvalue weighted by Gasteiger charge is 2.30. The predicted molar refractivity (Wildman–Crippen MR) is 111 cm³/mol. The van der Waals surface area contributed by atoms with Gasteiger partial charge in [0.2, 0.25) is 0 Å². The molecule has 8 nitrogen and oxygen atoms in total. The van der Waals surface area contributed by atoms with Crippen LogP contribution in [0.15, 0.2) is 30.5 Å². The summed E-state index contributed by atoms with van der Waals surface area (Å²) < 4.78 is 9.99. The van der Waals surface area contributed by atoms with Crippen molar-refractivity contribution < 1.29 is 28.8 Å². The molecule has 30 heavy (non-hydrogen) atoms. The summed E-state index contributed by atoms with van der Waals surface area (Å²) in [4.78, 5) is 41.0. The fourth-order valence-corrected chi connectivity index (χ4v) is 4.03. The molecule has 162 valence electrons. The van der Waals surface area contributed by atoms with E-state index in [0.29, 0.717) is 25.9 Å². The van der Waals surface area contributed by atoms with Gasteiger partial charge in [-0.3, -0.25) is 9.59 Å². The van der Waals surface area contributed by atoms with Crippen LogP contribution in [0.4, 0.5) is 0 Å². The van der Waals surface area contributed by atoms with Gasteiger partial charge in [0.1, 0.15) is 6.04 Å². The van der Waals surface area contributed by atoms with Gasteiger partial charge in [-0.15, -0.1) is 0 Å². The smallest absolute Gasteiger partial charge is 0.328 e. The third-order valence-electron chi connectivity index (χ3n) is 5.64. The zero-order valence-corrected chi connectivity index (χ0v) is 17.5. The first kappa shape index (κ1) is 21.8. The molecule has 0 saturated carbocycles. The van der Waals surface area contributed by atoms with Crippen LogP contribution >= 0.6 is 0 Å². The van der Waals surface area contributed by atoms with Gasteiger partial charge in [-0.25, -0.2) is 4.79 Å². The van der Waals surface area contributed by atoms with E-state index in [1.54, 1.807) is 6.92 Å². The lowest BCUT2D eigenvalue weighted by Crippen LogP contribution is -3.14. The first-order chi connectivity index (χ1) is 14.5. The Hall–Kier alpha value is -2.87. The number of para-hydroxylation sites is 1. The molecule has 0 bridgehead atoms. The summed E-state index contributed by atoms with van der Waals surface area (Å²) in [5.41, 5.74) is 1.93. The van der Waals surface area contributed by atoms with Crippen molar-refractivity contribution in [2.45, 2.75) is 32.2 Å². The number of ether oxygens (including phenoxy) is 2. The maximum absolute atomic E-state index is 12.6. The van der Waals surface area contributed by atoms with Gasteiger partial charge in [-0.05, 0) is 18.6 Å². The van der Waals surface area contributed by atoms with Crippen LogP contribution in [0.3, 0.4) is 0 Å². The topological polar surface area (TPSA) is 102 Å². The number of likely N-dealkylation sites (tertiary alicyclic amines) is 1. The van der Waals surface area contributed by atoms with Crippen LogP contribution in [0, 0.1) is 5.92 Å².